The lowest BCUT2D eigenvalue weighted by Gasteiger charge is -2.01. The number of carbonyl (C=O) groups is 1. The Labute approximate surface area is 114 Å². The third-order valence-electron chi connectivity index (χ3n) is 2.92. The second-order valence-corrected chi connectivity index (χ2v) is 4.59. The summed E-state index contributed by atoms with van der Waals surface area (Å²) in [6, 6.07) is 7.33. The van der Waals surface area contributed by atoms with Gasteiger partial charge in [-0.3, -0.25) is 0 Å². The van der Waals surface area contributed by atoms with Crippen LogP contribution in [0.5, 0.6) is 0 Å². The molecule has 2 heterocycles. The fourth-order valence-corrected chi connectivity index (χ4v) is 2.24. The molecule has 0 saturated carbocycles. The van der Waals surface area contributed by atoms with Crippen LogP contribution in [0, 0.1) is 0 Å². The van der Waals surface area contributed by atoms with Crippen molar-refractivity contribution in [2.75, 3.05) is 6.61 Å². The zero-order valence-corrected chi connectivity index (χ0v) is 11.0. The number of halogens is 1. The third kappa shape index (κ3) is 2.04. The van der Waals surface area contributed by atoms with Crippen molar-refractivity contribution in [3.8, 4) is 0 Å². The second kappa shape index (κ2) is 4.55. The molecule has 0 bridgehead atoms. The van der Waals surface area contributed by atoms with Gasteiger partial charge in [0.15, 0.2) is 0 Å². The van der Waals surface area contributed by atoms with Gasteiger partial charge in [0.25, 0.3) is 0 Å². The molecule has 4 nitrogen and oxygen atoms in total. The van der Waals surface area contributed by atoms with E-state index in [2.05, 4.69) is 9.97 Å². The van der Waals surface area contributed by atoms with E-state index in [1.807, 2.05) is 18.2 Å². The molecule has 3 aromatic rings. The van der Waals surface area contributed by atoms with Crippen molar-refractivity contribution < 1.29 is 9.53 Å². The maximum absolute atomic E-state index is 11.7. The Hall–Kier alpha value is -2.07. The predicted octanol–water partition coefficient (Wildman–Crippen LogP) is 3.55. The van der Waals surface area contributed by atoms with Gasteiger partial charge in [-0.15, -0.1) is 0 Å². The van der Waals surface area contributed by atoms with Gasteiger partial charge < -0.3 is 9.72 Å². The molecule has 1 aromatic carbocycles. The van der Waals surface area contributed by atoms with E-state index in [1.54, 1.807) is 13.0 Å². The Morgan fingerprint density at radius 2 is 2.21 bits per heavy atom. The molecule has 0 unspecified atom stereocenters. The van der Waals surface area contributed by atoms with Crippen molar-refractivity contribution in [3.05, 3.63) is 41.0 Å². The van der Waals surface area contributed by atoms with Crippen LogP contribution in [0.3, 0.4) is 0 Å². The first-order valence-electron chi connectivity index (χ1n) is 5.93. The van der Waals surface area contributed by atoms with Gasteiger partial charge in [-0.2, -0.15) is 0 Å². The summed E-state index contributed by atoms with van der Waals surface area (Å²) in [5.74, 6) is -0.367. The first kappa shape index (κ1) is 12.0. The van der Waals surface area contributed by atoms with Crippen LogP contribution in [0.15, 0.2) is 30.5 Å². The quantitative estimate of drug-likeness (QED) is 0.727. The number of carbonyl (C=O) groups excluding carboxylic acids is 1. The largest absolute Gasteiger partial charge is 0.462 e. The van der Waals surface area contributed by atoms with Crippen molar-refractivity contribution in [1.29, 1.82) is 0 Å². The normalized spacial score (nSPS) is 11.1. The first-order valence-corrected chi connectivity index (χ1v) is 6.31. The van der Waals surface area contributed by atoms with E-state index in [4.69, 9.17) is 16.3 Å². The highest BCUT2D eigenvalue weighted by atomic mass is 35.5. The maximum atomic E-state index is 11.7. The van der Waals surface area contributed by atoms with Gasteiger partial charge in [-0.25, -0.2) is 9.78 Å². The van der Waals surface area contributed by atoms with E-state index in [0.29, 0.717) is 17.2 Å². The molecule has 0 saturated heterocycles. The molecule has 5 heteroatoms. The standard InChI is InChI=1S/C14H11ClN2O2/c1-2-19-14(18)8-5-11-10-6-9(15)3-4-12(10)17-13(11)16-7-8/h3-7H,2H2,1H3,(H,16,17). The van der Waals surface area contributed by atoms with Crippen LogP contribution in [-0.2, 0) is 4.74 Å². The van der Waals surface area contributed by atoms with Crippen LogP contribution in [0.25, 0.3) is 21.9 Å². The molecule has 0 aliphatic rings. The molecular formula is C14H11ClN2O2. The molecule has 0 atom stereocenters. The summed E-state index contributed by atoms with van der Waals surface area (Å²) in [5, 5.41) is 2.46. The predicted molar refractivity (Wildman–Crippen MR) is 74.6 cm³/mol. The van der Waals surface area contributed by atoms with Crippen molar-refractivity contribution in [2.24, 2.45) is 0 Å². The van der Waals surface area contributed by atoms with Crippen LogP contribution in [0.1, 0.15) is 17.3 Å². The van der Waals surface area contributed by atoms with E-state index >= 15 is 0 Å². The van der Waals surface area contributed by atoms with Gasteiger partial charge in [-0.05, 0) is 31.2 Å². The average Bonchev–Trinajstić information content (AvgIpc) is 2.76. The molecular weight excluding hydrogens is 264 g/mol. The Balaban J connectivity index is 2.23. The molecule has 1 N–H and O–H groups in total. The van der Waals surface area contributed by atoms with Crippen LogP contribution in [-0.4, -0.2) is 22.5 Å². The molecule has 0 aliphatic heterocycles. The van der Waals surface area contributed by atoms with E-state index in [9.17, 15) is 4.79 Å². The van der Waals surface area contributed by atoms with Crippen molar-refractivity contribution in [2.45, 2.75) is 6.92 Å². The summed E-state index contributed by atoms with van der Waals surface area (Å²) in [6.07, 6.45) is 1.51. The number of pyridine rings is 1. The minimum atomic E-state index is -0.367. The molecule has 0 radical (unpaired) electrons. The number of H-pyrrole nitrogens is 1. The molecule has 0 spiro atoms. The smallest absolute Gasteiger partial charge is 0.339 e. The van der Waals surface area contributed by atoms with Crippen LogP contribution in [0.4, 0.5) is 0 Å². The molecule has 96 valence electrons. The van der Waals surface area contributed by atoms with Gasteiger partial charge in [0.2, 0.25) is 0 Å². The molecule has 0 fully saturated rings. The number of nitrogens with one attached hydrogen (secondary N) is 1. The highest BCUT2D eigenvalue weighted by Crippen LogP contribution is 2.27. The van der Waals surface area contributed by atoms with Gasteiger partial charge in [0.05, 0.1) is 12.2 Å². The molecule has 3 rings (SSSR count). The Bertz CT molecular complexity index is 780. The first-order chi connectivity index (χ1) is 9.19. The van der Waals surface area contributed by atoms with E-state index in [0.717, 1.165) is 21.9 Å². The van der Waals surface area contributed by atoms with Gasteiger partial charge >= 0.3 is 5.97 Å². The summed E-state index contributed by atoms with van der Waals surface area (Å²) in [6.45, 7) is 2.12. The lowest BCUT2D eigenvalue weighted by atomic mass is 10.1. The number of benzene rings is 1. The van der Waals surface area contributed by atoms with E-state index in [-0.39, 0.29) is 5.97 Å². The molecule has 2 aromatic heterocycles. The fourth-order valence-electron chi connectivity index (χ4n) is 2.07. The van der Waals surface area contributed by atoms with E-state index < -0.39 is 0 Å². The zero-order valence-electron chi connectivity index (χ0n) is 10.2. The number of aromatic amines is 1. The fraction of sp³-hybridized carbons (Fsp3) is 0.143. The third-order valence-corrected chi connectivity index (χ3v) is 3.16. The maximum Gasteiger partial charge on any atom is 0.339 e. The summed E-state index contributed by atoms with van der Waals surface area (Å²) in [4.78, 5) is 19.1. The summed E-state index contributed by atoms with van der Waals surface area (Å²) >= 11 is 6.00. The van der Waals surface area contributed by atoms with Crippen molar-refractivity contribution >= 4 is 39.5 Å². The van der Waals surface area contributed by atoms with Crippen LogP contribution < -0.4 is 0 Å². The van der Waals surface area contributed by atoms with Gasteiger partial charge in [0.1, 0.15) is 5.65 Å². The monoisotopic (exact) mass is 274 g/mol. The van der Waals surface area contributed by atoms with Gasteiger partial charge in [0, 0.05) is 27.5 Å². The average molecular weight is 275 g/mol. The summed E-state index contributed by atoms with van der Waals surface area (Å²) in [5.41, 5.74) is 2.11. The Morgan fingerprint density at radius 1 is 1.37 bits per heavy atom. The lowest BCUT2D eigenvalue weighted by Crippen LogP contribution is -2.04. The zero-order chi connectivity index (χ0) is 13.4. The van der Waals surface area contributed by atoms with Crippen LogP contribution in [0.2, 0.25) is 5.02 Å². The molecule has 0 amide bonds. The minimum Gasteiger partial charge on any atom is -0.462 e. The number of esters is 1. The highest BCUT2D eigenvalue weighted by molar-refractivity contribution is 6.31. The lowest BCUT2D eigenvalue weighted by molar-refractivity contribution is 0.0526. The second-order valence-electron chi connectivity index (χ2n) is 4.16. The Morgan fingerprint density at radius 3 is 3.00 bits per heavy atom. The highest BCUT2D eigenvalue weighted by Gasteiger charge is 2.11. The molecule has 0 aliphatic carbocycles. The summed E-state index contributed by atoms with van der Waals surface area (Å²) < 4.78 is 4.97. The topological polar surface area (TPSA) is 55.0 Å². The Kier molecular flexibility index (Phi) is 2.87. The number of rotatable bonds is 2. The summed E-state index contributed by atoms with van der Waals surface area (Å²) in [7, 11) is 0. The van der Waals surface area contributed by atoms with E-state index in [1.165, 1.54) is 6.20 Å². The number of nitrogens with zero attached hydrogens (tertiary/aromatic N) is 1. The minimum absolute atomic E-state index is 0.344. The number of hydrogen-bond donors (Lipinski definition) is 1. The number of ether oxygens (including phenoxy) is 1. The van der Waals surface area contributed by atoms with Crippen LogP contribution >= 0.6 is 11.6 Å². The van der Waals surface area contributed by atoms with Crippen molar-refractivity contribution in [3.63, 3.8) is 0 Å². The molecule has 19 heavy (non-hydrogen) atoms. The number of fused-ring (bicyclic) bond motifs is 3. The SMILES string of the molecule is CCOC(=O)c1cnc2[nH]c3ccc(Cl)cc3c2c1. The van der Waals surface area contributed by atoms with Crippen molar-refractivity contribution in [1.82, 2.24) is 9.97 Å². The van der Waals surface area contributed by atoms with Gasteiger partial charge in [-0.1, -0.05) is 11.6 Å². The number of aromatic nitrogens is 2. The number of hydrogen-bond acceptors (Lipinski definition) is 3.